The third kappa shape index (κ3) is 6.57. The summed E-state index contributed by atoms with van der Waals surface area (Å²) < 4.78 is 5.54. The molecule has 26 heavy (non-hydrogen) atoms. The molecule has 2 N–H and O–H groups in total. The van der Waals surface area contributed by atoms with Crippen LogP contribution in [0.5, 0.6) is 5.75 Å². The van der Waals surface area contributed by atoms with Crippen molar-refractivity contribution >= 4 is 29.6 Å². The highest BCUT2D eigenvalue weighted by Gasteiger charge is 2.11. The van der Waals surface area contributed by atoms with E-state index in [1.165, 1.54) is 6.21 Å². The summed E-state index contributed by atoms with van der Waals surface area (Å²) >= 11 is 5.79. The van der Waals surface area contributed by atoms with Crippen LogP contribution in [-0.2, 0) is 16.1 Å². The van der Waals surface area contributed by atoms with E-state index in [1.807, 2.05) is 26.0 Å². The Hall–Kier alpha value is -2.86. The Bertz CT molecular complexity index is 772. The van der Waals surface area contributed by atoms with Crippen LogP contribution < -0.4 is 15.5 Å². The molecule has 0 heterocycles. The van der Waals surface area contributed by atoms with Crippen molar-refractivity contribution in [3.8, 4) is 5.75 Å². The monoisotopic (exact) mass is 373 g/mol. The van der Waals surface area contributed by atoms with Crippen molar-refractivity contribution in [2.45, 2.75) is 26.5 Å². The number of nitrogens with zero attached hydrogens (tertiary/aromatic N) is 1. The third-order valence-corrected chi connectivity index (χ3v) is 3.46. The van der Waals surface area contributed by atoms with Gasteiger partial charge in [0.25, 0.3) is 0 Å². The van der Waals surface area contributed by atoms with Crippen molar-refractivity contribution in [3.05, 3.63) is 64.7 Å². The van der Waals surface area contributed by atoms with Gasteiger partial charge >= 0.3 is 11.8 Å². The van der Waals surface area contributed by atoms with Gasteiger partial charge in [-0.2, -0.15) is 5.10 Å². The highest BCUT2D eigenvalue weighted by atomic mass is 35.5. The second kappa shape index (κ2) is 9.58. The van der Waals surface area contributed by atoms with E-state index in [2.05, 4.69) is 15.8 Å². The summed E-state index contributed by atoms with van der Waals surface area (Å²) in [4.78, 5) is 23.4. The maximum absolute atomic E-state index is 11.7. The molecule has 136 valence electrons. The lowest BCUT2D eigenvalue weighted by atomic mass is 10.2. The van der Waals surface area contributed by atoms with E-state index in [9.17, 15) is 9.59 Å². The molecule has 0 aromatic heterocycles. The number of carbonyl (C=O) groups is 2. The van der Waals surface area contributed by atoms with Gasteiger partial charge in [-0.25, -0.2) is 5.43 Å². The van der Waals surface area contributed by atoms with Crippen LogP contribution in [0.4, 0.5) is 0 Å². The highest BCUT2D eigenvalue weighted by molar-refractivity contribution is 6.35. The normalized spacial score (nSPS) is 10.8. The Morgan fingerprint density at radius 3 is 2.35 bits per heavy atom. The molecule has 2 aromatic rings. The van der Waals surface area contributed by atoms with Crippen molar-refractivity contribution in [2.24, 2.45) is 5.10 Å². The van der Waals surface area contributed by atoms with Gasteiger partial charge in [0, 0.05) is 11.6 Å². The lowest BCUT2D eigenvalue weighted by Crippen LogP contribution is -2.37. The molecule has 2 amide bonds. The molecule has 2 rings (SSSR count). The Balaban J connectivity index is 1.78. The van der Waals surface area contributed by atoms with Gasteiger partial charge in [-0.3, -0.25) is 9.59 Å². The Morgan fingerprint density at radius 2 is 1.73 bits per heavy atom. The molecule has 0 bridgehead atoms. The summed E-state index contributed by atoms with van der Waals surface area (Å²) in [5.74, 6) is -0.851. The van der Waals surface area contributed by atoms with Gasteiger partial charge < -0.3 is 10.1 Å². The molecule has 0 saturated heterocycles. The molecule has 0 saturated carbocycles. The van der Waals surface area contributed by atoms with Gasteiger partial charge in [-0.15, -0.1) is 0 Å². The molecule has 0 aliphatic heterocycles. The van der Waals surface area contributed by atoms with Crippen molar-refractivity contribution in [1.29, 1.82) is 0 Å². The molecule has 0 aliphatic carbocycles. The SMILES string of the molecule is CC(C)Oc1ccc(C=NNC(=O)C(=O)NCc2ccc(Cl)cc2)cc1. The number of hydrogen-bond donors (Lipinski definition) is 2. The highest BCUT2D eigenvalue weighted by Crippen LogP contribution is 2.12. The van der Waals surface area contributed by atoms with Crippen LogP contribution >= 0.6 is 11.6 Å². The number of carbonyl (C=O) groups excluding carboxylic acids is 2. The zero-order chi connectivity index (χ0) is 18.9. The number of halogens is 1. The molecule has 0 aliphatic rings. The average molecular weight is 374 g/mol. The van der Waals surface area contributed by atoms with E-state index in [4.69, 9.17) is 16.3 Å². The largest absolute Gasteiger partial charge is 0.491 e. The number of rotatable bonds is 6. The van der Waals surface area contributed by atoms with Crippen molar-refractivity contribution in [3.63, 3.8) is 0 Å². The summed E-state index contributed by atoms with van der Waals surface area (Å²) in [6, 6.07) is 14.2. The van der Waals surface area contributed by atoms with Crippen LogP contribution in [-0.4, -0.2) is 24.1 Å². The van der Waals surface area contributed by atoms with Crippen LogP contribution in [0.1, 0.15) is 25.0 Å². The first-order valence-corrected chi connectivity index (χ1v) is 8.44. The summed E-state index contributed by atoms with van der Waals surface area (Å²) in [5, 5.41) is 6.89. The van der Waals surface area contributed by atoms with Crippen LogP contribution in [0.15, 0.2) is 53.6 Å². The standard InChI is InChI=1S/C19H20ClN3O3/c1-13(2)26-17-9-5-15(6-10-17)12-22-23-19(25)18(24)21-11-14-3-7-16(20)8-4-14/h3-10,12-13H,11H2,1-2H3,(H,21,24)(H,23,25). The average Bonchev–Trinajstić information content (AvgIpc) is 2.62. The fourth-order valence-corrected chi connectivity index (χ4v) is 2.11. The van der Waals surface area contributed by atoms with Gasteiger partial charge in [0.15, 0.2) is 0 Å². The van der Waals surface area contributed by atoms with E-state index in [0.29, 0.717) is 5.02 Å². The predicted octanol–water partition coefficient (Wildman–Crippen LogP) is 2.89. The van der Waals surface area contributed by atoms with E-state index >= 15 is 0 Å². The van der Waals surface area contributed by atoms with E-state index in [-0.39, 0.29) is 12.6 Å². The topological polar surface area (TPSA) is 79.8 Å². The van der Waals surface area contributed by atoms with Gasteiger partial charge in [0.05, 0.1) is 12.3 Å². The van der Waals surface area contributed by atoms with E-state index in [0.717, 1.165) is 16.9 Å². The number of amides is 2. The van der Waals surface area contributed by atoms with Crippen LogP contribution in [0.25, 0.3) is 0 Å². The molecule has 0 fully saturated rings. The number of benzene rings is 2. The minimum absolute atomic E-state index is 0.0974. The van der Waals surface area contributed by atoms with E-state index < -0.39 is 11.8 Å². The summed E-state index contributed by atoms with van der Waals surface area (Å²) in [5.41, 5.74) is 3.79. The summed E-state index contributed by atoms with van der Waals surface area (Å²) in [6.07, 6.45) is 1.55. The van der Waals surface area contributed by atoms with Crippen molar-refractivity contribution in [2.75, 3.05) is 0 Å². The lowest BCUT2D eigenvalue weighted by molar-refractivity contribution is -0.139. The minimum Gasteiger partial charge on any atom is -0.491 e. The van der Waals surface area contributed by atoms with E-state index in [1.54, 1.807) is 36.4 Å². The van der Waals surface area contributed by atoms with Gasteiger partial charge in [-0.1, -0.05) is 23.7 Å². The molecule has 0 spiro atoms. The number of hydrogen-bond acceptors (Lipinski definition) is 4. The quantitative estimate of drug-likeness (QED) is 0.464. The molecule has 0 radical (unpaired) electrons. The Labute approximate surface area is 157 Å². The van der Waals surface area contributed by atoms with Crippen molar-refractivity contribution in [1.82, 2.24) is 10.7 Å². The fourth-order valence-electron chi connectivity index (χ4n) is 1.99. The second-order valence-electron chi connectivity index (χ2n) is 5.74. The molecule has 2 aromatic carbocycles. The third-order valence-electron chi connectivity index (χ3n) is 3.20. The molecule has 0 atom stereocenters. The first-order chi connectivity index (χ1) is 12.4. The maximum atomic E-state index is 11.7. The second-order valence-corrected chi connectivity index (χ2v) is 6.18. The zero-order valence-corrected chi connectivity index (χ0v) is 15.3. The van der Waals surface area contributed by atoms with Crippen LogP contribution in [0.3, 0.4) is 0 Å². The first-order valence-electron chi connectivity index (χ1n) is 8.06. The molecular formula is C19H20ClN3O3. The fraction of sp³-hybridized carbons (Fsp3) is 0.211. The Morgan fingerprint density at radius 1 is 1.08 bits per heavy atom. The molecule has 0 unspecified atom stereocenters. The van der Waals surface area contributed by atoms with Crippen LogP contribution in [0, 0.1) is 0 Å². The molecular weight excluding hydrogens is 354 g/mol. The molecule has 6 nitrogen and oxygen atoms in total. The number of nitrogens with one attached hydrogen (secondary N) is 2. The first kappa shape index (κ1) is 19.5. The van der Waals surface area contributed by atoms with Gasteiger partial charge in [-0.05, 0) is 61.4 Å². The number of hydrazone groups is 1. The predicted molar refractivity (Wildman–Crippen MR) is 101 cm³/mol. The smallest absolute Gasteiger partial charge is 0.329 e. The van der Waals surface area contributed by atoms with Crippen LogP contribution in [0.2, 0.25) is 5.02 Å². The summed E-state index contributed by atoms with van der Waals surface area (Å²) in [7, 11) is 0. The minimum atomic E-state index is -0.838. The van der Waals surface area contributed by atoms with Gasteiger partial charge in [0.2, 0.25) is 0 Å². The van der Waals surface area contributed by atoms with Crippen molar-refractivity contribution < 1.29 is 14.3 Å². The Kier molecular flexibility index (Phi) is 7.17. The molecule has 7 heteroatoms. The zero-order valence-electron chi connectivity index (χ0n) is 14.5. The summed E-state index contributed by atoms with van der Waals surface area (Å²) in [6.45, 7) is 4.12. The number of ether oxygens (including phenoxy) is 1. The van der Waals surface area contributed by atoms with Gasteiger partial charge in [0.1, 0.15) is 5.75 Å². The lowest BCUT2D eigenvalue weighted by Gasteiger charge is -2.09. The maximum Gasteiger partial charge on any atom is 0.329 e.